The smallest absolute Gasteiger partial charge is 0.322 e. The number of benzene rings is 1. The van der Waals surface area contributed by atoms with Crippen LogP contribution in [0.2, 0.25) is 0 Å². The van der Waals surface area contributed by atoms with Gasteiger partial charge < -0.3 is 15.0 Å². The average Bonchev–Trinajstić information content (AvgIpc) is 2.52. The van der Waals surface area contributed by atoms with E-state index in [0.717, 1.165) is 24.9 Å². The Morgan fingerprint density at radius 3 is 2.38 bits per heavy atom. The SMILES string of the molecule is C[C@@H]1CN(C(=O)Nc2ccc(CCCCC(=O)S)cc2)C[C@H](C)O1. The zero-order chi connectivity index (χ0) is 17.5. The fraction of sp³-hybridized carbons (Fsp3) is 0.556. The first-order chi connectivity index (χ1) is 11.4. The molecule has 1 aromatic rings. The van der Waals surface area contributed by atoms with Gasteiger partial charge >= 0.3 is 6.03 Å². The summed E-state index contributed by atoms with van der Waals surface area (Å²) >= 11 is 3.77. The Kier molecular flexibility index (Phi) is 7.12. The summed E-state index contributed by atoms with van der Waals surface area (Å²) in [4.78, 5) is 24.9. The largest absolute Gasteiger partial charge is 0.372 e. The van der Waals surface area contributed by atoms with E-state index in [1.54, 1.807) is 4.90 Å². The van der Waals surface area contributed by atoms with E-state index in [9.17, 15) is 9.59 Å². The Balaban J connectivity index is 1.80. The molecule has 132 valence electrons. The Hall–Kier alpha value is -1.53. The van der Waals surface area contributed by atoms with Gasteiger partial charge in [-0.05, 0) is 50.8 Å². The van der Waals surface area contributed by atoms with Crippen LogP contribution in [0.3, 0.4) is 0 Å². The molecule has 6 heteroatoms. The molecule has 2 rings (SSSR count). The molecule has 1 fully saturated rings. The number of carbonyl (C=O) groups excluding carboxylic acids is 2. The number of thiol groups is 1. The fourth-order valence-corrected chi connectivity index (χ4v) is 3.06. The van der Waals surface area contributed by atoms with Gasteiger partial charge in [-0.2, -0.15) is 0 Å². The van der Waals surface area contributed by atoms with Crippen molar-refractivity contribution in [3.8, 4) is 0 Å². The van der Waals surface area contributed by atoms with Crippen LogP contribution in [-0.2, 0) is 16.0 Å². The molecule has 2 amide bonds. The highest BCUT2D eigenvalue weighted by Gasteiger charge is 2.25. The number of urea groups is 1. The molecule has 24 heavy (non-hydrogen) atoms. The van der Waals surface area contributed by atoms with Crippen LogP contribution in [0.4, 0.5) is 10.5 Å². The third-order valence-electron chi connectivity index (χ3n) is 4.02. The highest BCUT2D eigenvalue weighted by Crippen LogP contribution is 2.15. The summed E-state index contributed by atoms with van der Waals surface area (Å²) in [7, 11) is 0. The van der Waals surface area contributed by atoms with Crippen molar-refractivity contribution in [3.63, 3.8) is 0 Å². The van der Waals surface area contributed by atoms with Gasteiger partial charge in [0.2, 0.25) is 0 Å². The molecule has 0 aromatic heterocycles. The molecular weight excluding hydrogens is 324 g/mol. The van der Waals surface area contributed by atoms with E-state index < -0.39 is 0 Å². The second-order valence-corrected chi connectivity index (χ2v) is 6.89. The molecule has 1 N–H and O–H groups in total. The molecule has 0 saturated carbocycles. The van der Waals surface area contributed by atoms with Gasteiger partial charge in [-0.25, -0.2) is 4.79 Å². The second-order valence-electron chi connectivity index (χ2n) is 6.39. The molecule has 1 saturated heterocycles. The number of nitrogens with one attached hydrogen (secondary N) is 1. The zero-order valence-corrected chi connectivity index (χ0v) is 15.2. The monoisotopic (exact) mass is 350 g/mol. The van der Waals surface area contributed by atoms with Crippen LogP contribution in [0, 0.1) is 0 Å². The van der Waals surface area contributed by atoms with E-state index in [2.05, 4.69) is 17.9 Å². The van der Waals surface area contributed by atoms with Crippen LogP contribution >= 0.6 is 12.6 Å². The Morgan fingerprint density at radius 1 is 1.17 bits per heavy atom. The number of ether oxygens (including phenoxy) is 1. The summed E-state index contributed by atoms with van der Waals surface area (Å²) in [5.41, 5.74) is 1.99. The summed E-state index contributed by atoms with van der Waals surface area (Å²) in [6.07, 6.45) is 3.38. The maximum absolute atomic E-state index is 12.3. The molecule has 0 bridgehead atoms. The number of anilines is 1. The molecule has 1 heterocycles. The van der Waals surface area contributed by atoms with Gasteiger partial charge in [-0.15, -0.1) is 12.6 Å². The predicted octanol–water partition coefficient (Wildman–Crippen LogP) is 3.50. The summed E-state index contributed by atoms with van der Waals surface area (Å²) < 4.78 is 5.65. The molecule has 1 aliphatic rings. The quantitative estimate of drug-likeness (QED) is 0.610. The lowest BCUT2D eigenvalue weighted by Crippen LogP contribution is -2.49. The third kappa shape index (κ3) is 6.17. The van der Waals surface area contributed by atoms with Crippen LogP contribution < -0.4 is 5.32 Å². The molecular formula is C18H26N2O3S. The average molecular weight is 350 g/mol. The number of nitrogens with zero attached hydrogens (tertiary/aromatic N) is 1. The van der Waals surface area contributed by atoms with Crippen LogP contribution in [0.25, 0.3) is 0 Å². The normalized spacial score (nSPS) is 20.7. The van der Waals surface area contributed by atoms with Crippen LogP contribution in [0.5, 0.6) is 0 Å². The number of rotatable bonds is 6. The lowest BCUT2D eigenvalue weighted by molar-refractivity contribution is -0.110. The van der Waals surface area contributed by atoms with Gasteiger partial charge in [-0.1, -0.05) is 12.1 Å². The maximum Gasteiger partial charge on any atom is 0.322 e. The number of hydrogen-bond donors (Lipinski definition) is 2. The number of carbonyl (C=O) groups is 2. The van der Waals surface area contributed by atoms with Crippen molar-refractivity contribution in [1.29, 1.82) is 0 Å². The van der Waals surface area contributed by atoms with Crippen molar-refractivity contribution >= 4 is 29.5 Å². The number of aryl methyl sites for hydroxylation is 1. The van der Waals surface area contributed by atoms with Crippen molar-refractivity contribution in [2.24, 2.45) is 0 Å². The summed E-state index contributed by atoms with van der Waals surface area (Å²) in [5.74, 6) is 0. The molecule has 1 aliphatic heterocycles. The molecule has 0 radical (unpaired) electrons. The fourth-order valence-electron chi connectivity index (χ4n) is 2.91. The third-order valence-corrected chi connectivity index (χ3v) is 4.24. The minimum atomic E-state index is -0.0861. The van der Waals surface area contributed by atoms with Crippen molar-refractivity contribution in [3.05, 3.63) is 29.8 Å². The topological polar surface area (TPSA) is 58.6 Å². The van der Waals surface area contributed by atoms with Gasteiger partial charge in [-0.3, -0.25) is 4.79 Å². The van der Waals surface area contributed by atoms with Crippen molar-refractivity contribution in [2.75, 3.05) is 18.4 Å². The van der Waals surface area contributed by atoms with Crippen LogP contribution in [-0.4, -0.2) is 41.3 Å². The Labute approximate surface area is 149 Å². The van der Waals surface area contributed by atoms with Gasteiger partial charge in [0.25, 0.3) is 0 Å². The lowest BCUT2D eigenvalue weighted by atomic mass is 10.1. The molecule has 0 unspecified atom stereocenters. The summed E-state index contributed by atoms with van der Waals surface area (Å²) in [6, 6.07) is 7.79. The van der Waals surface area contributed by atoms with E-state index >= 15 is 0 Å². The maximum atomic E-state index is 12.3. The number of morpholine rings is 1. The first-order valence-corrected chi connectivity index (χ1v) is 8.91. The van der Waals surface area contributed by atoms with E-state index in [0.29, 0.717) is 19.5 Å². The zero-order valence-electron chi connectivity index (χ0n) is 14.3. The Bertz CT molecular complexity index is 552. The minimum Gasteiger partial charge on any atom is -0.372 e. The van der Waals surface area contributed by atoms with Gasteiger partial charge in [0, 0.05) is 25.2 Å². The molecule has 0 aliphatic carbocycles. The van der Waals surface area contributed by atoms with E-state index in [1.807, 2.05) is 38.1 Å². The molecule has 1 aromatic carbocycles. The molecule has 0 spiro atoms. The summed E-state index contributed by atoms with van der Waals surface area (Å²) in [5, 5.41) is 2.88. The van der Waals surface area contributed by atoms with E-state index in [-0.39, 0.29) is 23.4 Å². The van der Waals surface area contributed by atoms with Crippen LogP contribution in [0.1, 0.15) is 38.7 Å². The van der Waals surface area contributed by atoms with E-state index in [4.69, 9.17) is 4.74 Å². The van der Waals surface area contributed by atoms with Crippen molar-refractivity contribution in [2.45, 2.75) is 51.7 Å². The standard InChI is InChI=1S/C18H26N2O3S/c1-13-11-20(12-14(2)23-13)18(22)19-16-9-7-15(8-10-16)5-3-4-6-17(21)24/h7-10,13-14H,3-6,11-12H2,1-2H3,(H,19,22)(H,21,24)/t13-,14+. The summed E-state index contributed by atoms with van der Waals surface area (Å²) in [6.45, 7) is 5.17. The number of amides is 2. The number of unbranched alkanes of at least 4 members (excludes halogenated alkanes) is 1. The van der Waals surface area contributed by atoms with Crippen molar-refractivity contribution in [1.82, 2.24) is 4.90 Å². The van der Waals surface area contributed by atoms with Gasteiger partial charge in [0.05, 0.1) is 12.2 Å². The van der Waals surface area contributed by atoms with Gasteiger partial charge in [0.1, 0.15) is 0 Å². The highest BCUT2D eigenvalue weighted by atomic mass is 32.1. The first-order valence-electron chi connectivity index (χ1n) is 8.46. The Morgan fingerprint density at radius 2 is 1.79 bits per heavy atom. The van der Waals surface area contributed by atoms with Crippen LogP contribution in [0.15, 0.2) is 24.3 Å². The van der Waals surface area contributed by atoms with Crippen molar-refractivity contribution < 1.29 is 14.3 Å². The minimum absolute atomic E-state index is 0.0557. The molecule has 2 atom stereocenters. The van der Waals surface area contributed by atoms with Gasteiger partial charge in [0.15, 0.2) is 5.12 Å². The predicted molar refractivity (Wildman–Crippen MR) is 98.6 cm³/mol. The first kappa shape index (κ1) is 18.8. The molecule has 5 nitrogen and oxygen atoms in total. The van der Waals surface area contributed by atoms with E-state index in [1.165, 1.54) is 5.56 Å². The number of hydrogen-bond acceptors (Lipinski definition) is 3. The second kappa shape index (κ2) is 9.08. The lowest BCUT2D eigenvalue weighted by Gasteiger charge is -2.35. The highest BCUT2D eigenvalue weighted by molar-refractivity contribution is 7.96.